The molecular weight excluding hydrogens is 304 g/mol. The van der Waals surface area contributed by atoms with Gasteiger partial charge in [-0.3, -0.25) is 4.79 Å². The second-order valence-corrected chi connectivity index (χ2v) is 5.39. The molecule has 0 unspecified atom stereocenters. The van der Waals surface area contributed by atoms with Crippen LogP contribution < -0.4 is 20.1 Å². The molecule has 0 bridgehead atoms. The maximum absolute atomic E-state index is 11.9. The lowest BCUT2D eigenvalue weighted by atomic mass is 10.2. The molecule has 0 aliphatic carbocycles. The SMILES string of the molecule is COc1ccc(OCCNCCC(=O)Nc2ccccc2C)cc1. The first-order chi connectivity index (χ1) is 11.7. The lowest BCUT2D eigenvalue weighted by molar-refractivity contribution is -0.116. The van der Waals surface area contributed by atoms with E-state index in [-0.39, 0.29) is 5.91 Å². The van der Waals surface area contributed by atoms with Gasteiger partial charge in [-0.25, -0.2) is 0 Å². The van der Waals surface area contributed by atoms with Crippen molar-refractivity contribution in [3.63, 3.8) is 0 Å². The van der Waals surface area contributed by atoms with Crippen molar-refractivity contribution in [1.82, 2.24) is 5.32 Å². The minimum Gasteiger partial charge on any atom is -0.497 e. The topological polar surface area (TPSA) is 59.6 Å². The van der Waals surface area contributed by atoms with Crippen LogP contribution >= 0.6 is 0 Å². The van der Waals surface area contributed by atoms with Crippen LogP contribution in [0.5, 0.6) is 11.5 Å². The highest BCUT2D eigenvalue weighted by molar-refractivity contribution is 5.91. The molecule has 2 N–H and O–H groups in total. The summed E-state index contributed by atoms with van der Waals surface area (Å²) >= 11 is 0. The second-order valence-electron chi connectivity index (χ2n) is 5.39. The summed E-state index contributed by atoms with van der Waals surface area (Å²) in [5, 5.41) is 6.11. The van der Waals surface area contributed by atoms with Crippen molar-refractivity contribution in [1.29, 1.82) is 0 Å². The largest absolute Gasteiger partial charge is 0.497 e. The van der Waals surface area contributed by atoms with Crippen molar-refractivity contribution in [2.45, 2.75) is 13.3 Å². The average Bonchev–Trinajstić information content (AvgIpc) is 2.60. The van der Waals surface area contributed by atoms with E-state index in [1.807, 2.05) is 55.5 Å². The van der Waals surface area contributed by atoms with Crippen LogP contribution in [0, 0.1) is 6.92 Å². The molecule has 5 nitrogen and oxygen atoms in total. The number of methoxy groups -OCH3 is 1. The fourth-order valence-electron chi connectivity index (χ4n) is 2.17. The Morgan fingerprint density at radius 3 is 2.42 bits per heavy atom. The van der Waals surface area contributed by atoms with Gasteiger partial charge in [0.05, 0.1) is 7.11 Å². The first-order valence-electron chi connectivity index (χ1n) is 8.02. The highest BCUT2D eigenvalue weighted by atomic mass is 16.5. The molecule has 2 aromatic rings. The monoisotopic (exact) mass is 328 g/mol. The molecule has 0 aliphatic rings. The summed E-state index contributed by atoms with van der Waals surface area (Å²) in [6, 6.07) is 15.2. The molecule has 0 atom stereocenters. The maximum atomic E-state index is 11.9. The van der Waals surface area contributed by atoms with Crippen molar-refractivity contribution in [2.24, 2.45) is 0 Å². The number of para-hydroxylation sites is 1. The van der Waals surface area contributed by atoms with Gasteiger partial charge >= 0.3 is 0 Å². The van der Waals surface area contributed by atoms with Gasteiger partial charge < -0.3 is 20.1 Å². The fraction of sp³-hybridized carbons (Fsp3) is 0.316. The third-order valence-electron chi connectivity index (χ3n) is 3.55. The van der Waals surface area contributed by atoms with Gasteiger partial charge in [0, 0.05) is 25.2 Å². The molecule has 2 aromatic carbocycles. The van der Waals surface area contributed by atoms with Gasteiger partial charge in [-0.2, -0.15) is 0 Å². The number of ether oxygens (including phenoxy) is 2. The van der Waals surface area contributed by atoms with E-state index in [1.165, 1.54) is 0 Å². The maximum Gasteiger partial charge on any atom is 0.225 e. The van der Waals surface area contributed by atoms with E-state index in [0.29, 0.717) is 26.1 Å². The van der Waals surface area contributed by atoms with E-state index in [0.717, 1.165) is 22.7 Å². The fourth-order valence-corrected chi connectivity index (χ4v) is 2.17. The lowest BCUT2D eigenvalue weighted by Gasteiger charge is -2.09. The van der Waals surface area contributed by atoms with Crippen molar-refractivity contribution < 1.29 is 14.3 Å². The molecular formula is C19H24N2O3. The Kier molecular flexibility index (Phi) is 7.11. The molecule has 0 radical (unpaired) electrons. The summed E-state index contributed by atoms with van der Waals surface area (Å²) in [7, 11) is 1.63. The van der Waals surface area contributed by atoms with E-state index < -0.39 is 0 Å². The van der Waals surface area contributed by atoms with Gasteiger partial charge in [0.25, 0.3) is 0 Å². The summed E-state index contributed by atoms with van der Waals surface area (Å²) in [4.78, 5) is 11.9. The Hall–Kier alpha value is -2.53. The summed E-state index contributed by atoms with van der Waals surface area (Å²) < 4.78 is 10.7. The average molecular weight is 328 g/mol. The van der Waals surface area contributed by atoms with Crippen molar-refractivity contribution in [3.05, 3.63) is 54.1 Å². The smallest absolute Gasteiger partial charge is 0.225 e. The van der Waals surface area contributed by atoms with Crippen LogP contribution in [0.1, 0.15) is 12.0 Å². The molecule has 0 aromatic heterocycles. The molecule has 0 spiro atoms. The zero-order valence-electron chi connectivity index (χ0n) is 14.2. The predicted molar refractivity (Wildman–Crippen MR) is 95.8 cm³/mol. The van der Waals surface area contributed by atoms with Crippen LogP contribution in [-0.4, -0.2) is 32.7 Å². The first kappa shape index (κ1) is 17.8. The Bertz CT molecular complexity index is 641. The number of amides is 1. The van der Waals surface area contributed by atoms with Crippen LogP contribution in [0.4, 0.5) is 5.69 Å². The molecule has 5 heteroatoms. The highest BCUT2D eigenvalue weighted by Crippen LogP contribution is 2.16. The van der Waals surface area contributed by atoms with Gasteiger partial charge in [0.1, 0.15) is 18.1 Å². The number of hydrogen-bond acceptors (Lipinski definition) is 4. The predicted octanol–water partition coefficient (Wildman–Crippen LogP) is 3.00. The first-order valence-corrected chi connectivity index (χ1v) is 8.02. The zero-order valence-corrected chi connectivity index (χ0v) is 14.2. The molecule has 128 valence electrons. The number of carbonyl (C=O) groups excluding carboxylic acids is 1. The third-order valence-corrected chi connectivity index (χ3v) is 3.55. The summed E-state index contributed by atoms with van der Waals surface area (Å²) in [5.74, 6) is 1.61. The number of anilines is 1. The standard InChI is InChI=1S/C19H24N2O3/c1-15-5-3-4-6-18(15)21-19(22)11-12-20-13-14-24-17-9-7-16(23-2)8-10-17/h3-10,20H,11-14H2,1-2H3,(H,21,22). The van der Waals surface area contributed by atoms with Gasteiger partial charge in [-0.1, -0.05) is 18.2 Å². The molecule has 24 heavy (non-hydrogen) atoms. The summed E-state index contributed by atoms with van der Waals surface area (Å²) in [5.41, 5.74) is 1.93. The van der Waals surface area contributed by atoms with Gasteiger partial charge in [-0.15, -0.1) is 0 Å². The number of nitrogens with one attached hydrogen (secondary N) is 2. The van der Waals surface area contributed by atoms with Crippen molar-refractivity contribution in [3.8, 4) is 11.5 Å². The summed E-state index contributed by atoms with van der Waals surface area (Å²) in [6.45, 7) is 3.82. The van der Waals surface area contributed by atoms with Crippen LogP contribution in [-0.2, 0) is 4.79 Å². The lowest BCUT2D eigenvalue weighted by Crippen LogP contribution is -2.25. The van der Waals surface area contributed by atoms with Gasteiger partial charge in [-0.05, 0) is 42.8 Å². The normalized spacial score (nSPS) is 10.2. The second kappa shape index (κ2) is 9.57. The summed E-state index contributed by atoms with van der Waals surface area (Å²) in [6.07, 6.45) is 0.427. The van der Waals surface area contributed by atoms with E-state index in [2.05, 4.69) is 10.6 Å². The van der Waals surface area contributed by atoms with Crippen molar-refractivity contribution in [2.75, 3.05) is 32.1 Å². The zero-order chi connectivity index (χ0) is 17.2. The quantitative estimate of drug-likeness (QED) is 0.695. The van der Waals surface area contributed by atoms with E-state index in [4.69, 9.17) is 9.47 Å². The highest BCUT2D eigenvalue weighted by Gasteiger charge is 2.03. The third kappa shape index (κ3) is 5.93. The molecule has 0 saturated heterocycles. The van der Waals surface area contributed by atoms with Crippen LogP contribution in [0.25, 0.3) is 0 Å². The molecule has 0 heterocycles. The number of aryl methyl sites for hydroxylation is 1. The molecule has 1 amide bonds. The van der Waals surface area contributed by atoms with E-state index in [1.54, 1.807) is 7.11 Å². The Morgan fingerprint density at radius 2 is 1.71 bits per heavy atom. The molecule has 0 saturated carbocycles. The van der Waals surface area contributed by atoms with Crippen LogP contribution in [0.15, 0.2) is 48.5 Å². The van der Waals surface area contributed by atoms with Crippen molar-refractivity contribution >= 4 is 11.6 Å². The van der Waals surface area contributed by atoms with E-state index in [9.17, 15) is 4.79 Å². The number of hydrogen-bond donors (Lipinski definition) is 2. The van der Waals surface area contributed by atoms with Crippen LogP contribution in [0.3, 0.4) is 0 Å². The Morgan fingerprint density at radius 1 is 1.00 bits per heavy atom. The van der Waals surface area contributed by atoms with Gasteiger partial charge in [0.15, 0.2) is 0 Å². The van der Waals surface area contributed by atoms with E-state index >= 15 is 0 Å². The minimum atomic E-state index is 0.00729. The molecule has 0 fully saturated rings. The number of benzene rings is 2. The minimum absolute atomic E-state index is 0.00729. The Balaban J connectivity index is 1.57. The molecule has 2 rings (SSSR count). The number of rotatable bonds is 9. The van der Waals surface area contributed by atoms with Gasteiger partial charge in [0.2, 0.25) is 5.91 Å². The van der Waals surface area contributed by atoms with Crippen LogP contribution in [0.2, 0.25) is 0 Å². The number of carbonyl (C=O) groups is 1. The molecule has 0 aliphatic heterocycles. The Labute approximate surface area is 143 Å².